The van der Waals surface area contributed by atoms with Crippen LogP contribution in [0, 0.1) is 0 Å². The number of unbranched alkanes of at least 4 members (excludes halogenated alkanes) is 5. The van der Waals surface area contributed by atoms with E-state index in [-0.39, 0.29) is 6.61 Å². The van der Waals surface area contributed by atoms with Crippen LogP contribution in [0.5, 0.6) is 0 Å². The van der Waals surface area contributed by atoms with Crippen molar-refractivity contribution < 1.29 is 22.4 Å². The van der Waals surface area contributed by atoms with Gasteiger partial charge in [0.25, 0.3) is 0 Å². The minimum atomic E-state index is -4.22. The number of rotatable bonds is 13. The number of hydrogen-bond acceptors (Lipinski definition) is 6. The van der Waals surface area contributed by atoms with Crippen molar-refractivity contribution in [2.75, 3.05) is 33.8 Å². The van der Waals surface area contributed by atoms with E-state index in [1.54, 1.807) is 14.1 Å². The average Bonchev–Trinajstić information content (AvgIpc) is 2.50. The molecule has 0 aliphatic heterocycles. The molecular weight excluding hydrogens is 355 g/mol. The maximum absolute atomic E-state index is 10.1. The van der Waals surface area contributed by atoms with Gasteiger partial charge in [-0.25, -0.2) is 4.18 Å². The molecule has 0 aliphatic rings. The Morgan fingerprint density at radius 2 is 1.68 bits per heavy atom. The van der Waals surface area contributed by atoms with Crippen molar-refractivity contribution in [1.82, 2.24) is 10.4 Å². The molecule has 0 amide bonds. The molecule has 9 heteroatoms. The Morgan fingerprint density at radius 1 is 1.16 bits per heavy atom. The fourth-order valence-electron chi connectivity index (χ4n) is 1.55. The van der Waals surface area contributed by atoms with Crippen molar-refractivity contribution in [3.8, 4) is 0 Å². The first kappa shape index (κ1) is 30.2. The predicted octanol–water partition coefficient (Wildman–Crippen LogP) is 2.84. The zero-order valence-corrected chi connectivity index (χ0v) is 19.4. The first-order valence-corrected chi connectivity index (χ1v) is 11.8. The summed E-state index contributed by atoms with van der Waals surface area (Å²) in [6.45, 7) is 7.96. The molecule has 0 heterocycles. The second-order valence-corrected chi connectivity index (χ2v) is 7.80. The molecule has 0 aromatic rings. The molecule has 0 spiro atoms. The van der Waals surface area contributed by atoms with E-state index >= 15 is 0 Å². The summed E-state index contributed by atoms with van der Waals surface area (Å²) >= 11 is 1.34. The molecule has 0 bridgehead atoms. The summed E-state index contributed by atoms with van der Waals surface area (Å²) in [5, 5.41) is 12.1. The third-order valence-corrected chi connectivity index (χ3v) is 3.90. The van der Waals surface area contributed by atoms with Gasteiger partial charge in [0.05, 0.1) is 6.61 Å². The smallest absolute Gasteiger partial charge is 0.315 e. The van der Waals surface area contributed by atoms with Crippen LogP contribution in [-0.2, 0) is 14.6 Å². The fourth-order valence-corrected chi connectivity index (χ4v) is 2.23. The number of hydrogen-bond donors (Lipinski definition) is 3. The van der Waals surface area contributed by atoms with E-state index in [1.165, 1.54) is 57.3 Å². The van der Waals surface area contributed by atoms with Crippen molar-refractivity contribution in [2.45, 2.75) is 55.5 Å². The molecule has 7 nitrogen and oxygen atoms in total. The molecule has 0 saturated heterocycles. The van der Waals surface area contributed by atoms with E-state index in [0.29, 0.717) is 6.42 Å². The first-order chi connectivity index (χ1) is 11.7. The van der Waals surface area contributed by atoms with Crippen molar-refractivity contribution in [3.63, 3.8) is 0 Å². The monoisotopic (exact) mass is 392 g/mol. The SMILES string of the molecule is C=CCNCC[CH2][Na].CCCCCCCCOS(=O)(=O)O.CN(C)O. The van der Waals surface area contributed by atoms with Gasteiger partial charge in [-0.15, -0.1) is 0 Å². The van der Waals surface area contributed by atoms with Crippen LogP contribution in [0.15, 0.2) is 12.7 Å². The summed E-state index contributed by atoms with van der Waals surface area (Å²) in [6.07, 6.45) is 9.57. The van der Waals surface area contributed by atoms with Gasteiger partial charge in [-0.05, 0) is 6.42 Å². The molecule has 148 valence electrons. The third kappa shape index (κ3) is 51.6. The summed E-state index contributed by atoms with van der Waals surface area (Å²) < 4.78 is 34.0. The Kier molecular flexibility index (Phi) is 29.6. The largest absolute Gasteiger partial charge is 0.397 e. The third-order valence-electron chi connectivity index (χ3n) is 2.73. The number of nitrogens with zero attached hydrogens (tertiary/aromatic N) is 1. The molecule has 0 aromatic heterocycles. The maximum atomic E-state index is 10.1. The normalized spacial score (nSPS) is 10.6. The van der Waals surface area contributed by atoms with Crippen LogP contribution in [-0.4, -0.2) is 85.0 Å². The summed E-state index contributed by atoms with van der Waals surface area (Å²) in [6, 6.07) is 0. The molecule has 0 unspecified atom stereocenters. The first-order valence-electron chi connectivity index (χ1n) is 9.00. The van der Waals surface area contributed by atoms with Crippen molar-refractivity contribution in [3.05, 3.63) is 12.7 Å². The zero-order chi connectivity index (χ0) is 20.0. The molecule has 0 atom stereocenters. The van der Waals surface area contributed by atoms with Crippen molar-refractivity contribution >= 4 is 38.3 Å². The molecule has 3 N–H and O–H groups in total. The summed E-state index contributed by atoms with van der Waals surface area (Å²) in [4.78, 5) is 0. The van der Waals surface area contributed by atoms with Gasteiger partial charge in [-0.2, -0.15) is 13.5 Å². The Bertz CT molecular complexity index is 352. The van der Waals surface area contributed by atoms with Gasteiger partial charge < -0.3 is 5.21 Å². The van der Waals surface area contributed by atoms with Gasteiger partial charge in [0.2, 0.25) is 0 Å². The van der Waals surface area contributed by atoms with Crippen molar-refractivity contribution in [2.24, 2.45) is 0 Å². The molecule has 0 rings (SSSR count). The molecule has 0 fully saturated rings. The summed E-state index contributed by atoms with van der Waals surface area (Å²) in [7, 11) is -1.11. The molecule has 0 saturated carbocycles. The maximum Gasteiger partial charge on any atom is 0.397 e. The van der Waals surface area contributed by atoms with E-state index in [9.17, 15) is 8.42 Å². The standard InChI is InChI=1S/C8H18O4S.C6H12N.C2H7NO.Na/c1-2-3-4-5-6-7-8-12-13(9,10)11;1-3-5-7-6-4-2;1-3(2)4;/h2-8H2,1H3,(H,9,10,11);3,7H,1-2,4-6H2;4H,1-2H3;. The predicted molar refractivity (Wildman–Crippen MR) is 105 cm³/mol. The van der Waals surface area contributed by atoms with Crippen LogP contribution in [0.1, 0.15) is 51.9 Å². The van der Waals surface area contributed by atoms with E-state index in [1.807, 2.05) is 6.08 Å². The van der Waals surface area contributed by atoms with Crippen molar-refractivity contribution in [1.29, 1.82) is 0 Å². The molecular formula is C16H37N2NaO5S. The summed E-state index contributed by atoms with van der Waals surface area (Å²) in [5.74, 6) is 0. The topological polar surface area (TPSA) is 99.1 Å². The number of nitrogens with one attached hydrogen (secondary N) is 1. The van der Waals surface area contributed by atoms with Crippen LogP contribution >= 0.6 is 0 Å². The molecule has 0 aliphatic carbocycles. The minimum Gasteiger partial charge on any atom is -0.315 e. The van der Waals surface area contributed by atoms with Crippen LogP contribution in [0.4, 0.5) is 0 Å². The molecule has 0 radical (unpaired) electrons. The zero-order valence-electron chi connectivity index (χ0n) is 16.5. The van der Waals surface area contributed by atoms with E-state index in [2.05, 4.69) is 23.0 Å². The minimum absolute atomic E-state index is 0.0883. The van der Waals surface area contributed by atoms with Gasteiger partial charge >= 0.3 is 79.5 Å². The quantitative estimate of drug-likeness (QED) is 0.146. The van der Waals surface area contributed by atoms with Crippen LogP contribution in [0.3, 0.4) is 0 Å². The Hall–Kier alpha value is 0.490. The molecule has 0 aromatic carbocycles. The van der Waals surface area contributed by atoms with Crippen LogP contribution in [0.2, 0.25) is 3.67 Å². The average molecular weight is 393 g/mol. The second kappa shape index (κ2) is 24.5. The second-order valence-electron chi connectivity index (χ2n) is 5.71. The Labute approximate surface area is 172 Å². The van der Waals surface area contributed by atoms with Gasteiger partial charge in [0.15, 0.2) is 0 Å². The molecule has 25 heavy (non-hydrogen) atoms. The van der Waals surface area contributed by atoms with Gasteiger partial charge in [0.1, 0.15) is 0 Å². The number of hydroxylamine groups is 2. The van der Waals surface area contributed by atoms with Crippen LogP contribution < -0.4 is 5.32 Å². The van der Waals surface area contributed by atoms with Gasteiger partial charge in [-0.3, -0.25) is 4.55 Å². The van der Waals surface area contributed by atoms with Gasteiger partial charge in [-0.1, -0.05) is 39.0 Å². The van der Waals surface area contributed by atoms with Crippen LogP contribution in [0.25, 0.3) is 0 Å². The Morgan fingerprint density at radius 3 is 2.12 bits per heavy atom. The van der Waals surface area contributed by atoms with Gasteiger partial charge in [0, 0.05) is 14.1 Å². The van der Waals surface area contributed by atoms with E-state index < -0.39 is 10.4 Å². The Balaban J connectivity index is -0.000000342. The van der Waals surface area contributed by atoms with E-state index in [4.69, 9.17) is 9.76 Å². The summed E-state index contributed by atoms with van der Waals surface area (Å²) in [5.41, 5.74) is 0. The fraction of sp³-hybridized carbons (Fsp3) is 0.875. The van der Waals surface area contributed by atoms with E-state index in [0.717, 1.165) is 31.0 Å².